The Kier molecular flexibility index (Phi) is 2.22. The van der Waals surface area contributed by atoms with Gasteiger partial charge in [-0.2, -0.15) is 0 Å². The van der Waals surface area contributed by atoms with Crippen LogP contribution in [0.1, 0.15) is 11.1 Å². The van der Waals surface area contributed by atoms with Gasteiger partial charge < -0.3 is 4.42 Å². The summed E-state index contributed by atoms with van der Waals surface area (Å²) in [5.74, 6) is 0.896. The highest BCUT2D eigenvalue weighted by atomic mass is 16.3. The van der Waals surface area contributed by atoms with Gasteiger partial charge in [-0.25, -0.2) is 0 Å². The Morgan fingerprint density at radius 1 is 0.941 bits per heavy atom. The second kappa shape index (κ2) is 3.74. The van der Waals surface area contributed by atoms with Crippen LogP contribution >= 0.6 is 0 Å². The van der Waals surface area contributed by atoms with Gasteiger partial charge in [-0.1, -0.05) is 0 Å². The van der Waals surface area contributed by atoms with Crippen LogP contribution in [-0.4, -0.2) is 4.98 Å². The van der Waals surface area contributed by atoms with E-state index in [0.717, 1.165) is 22.3 Å². The molecule has 17 heavy (non-hydrogen) atoms. The Hall–Kier alpha value is -2.09. The van der Waals surface area contributed by atoms with Gasteiger partial charge in [0.1, 0.15) is 11.3 Å². The standard InChI is InChI=1S/C15H13NO/c1-10-7-13-9-15(12-3-5-16-6-4-12)17-14(13)8-11(10)2/h3-9H,1-2H3. The monoisotopic (exact) mass is 223 g/mol. The predicted octanol–water partition coefficient (Wildman–Crippen LogP) is 4.11. The number of pyridine rings is 1. The van der Waals surface area contributed by atoms with E-state index >= 15 is 0 Å². The molecule has 0 aliphatic rings. The number of furan rings is 1. The van der Waals surface area contributed by atoms with E-state index in [1.54, 1.807) is 12.4 Å². The number of aromatic nitrogens is 1. The molecule has 0 atom stereocenters. The first-order valence-corrected chi connectivity index (χ1v) is 5.65. The van der Waals surface area contributed by atoms with Gasteiger partial charge in [-0.05, 0) is 55.3 Å². The number of benzene rings is 1. The van der Waals surface area contributed by atoms with Crippen LogP contribution < -0.4 is 0 Å². The summed E-state index contributed by atoms with van der Waals surface area (Å²) in [4.78, 5) is 4.01. The topological polar surface area (TPSA) is 26.0 Å². The first-order chi connectivity index (χ1) is 8.24. The molecule has 0 aliphatic carbocycles. The minimum absolute atomic E-state index is 0.896. The molecule has 3 rings (SSSR count). The largest absolute Gasteiger partial charge is 0.456 e. The van der Waals surface area contributed by atoms with Gasteiger partial charge >= 0.3 is 0 Å². The van der Waals surface area contributed by atoms with Gasteiger partial charge in [0.05, 0.1) is 0 Å². The average Bonchev–Trinajstić information content (AvgIpc) is 2.74. The van der Waals surface area contributed by atoms with Crippen molar-refractivity contribution in [3.8, 4) is 11.3 Å². The fourth-order valence-corrected chi connectivity index (χ4v) is 1.96. The Labute approximate surface area is 99.9 Å². The van der Waals surface area contributed by atoms with E-state index in [1.807, 2.05) is 12.1 Å². The molecule has 0 spiro atoms. The maximum absolute atomic E-state index is 5.86. The maximum atomic E-state index is 5.86. The fraction of sp³-hybridized carbons (Fsp3) is 0.133. The predicted molar refractivity (Wildman–Crippen MR) is 68.9 cm³/mol. The van der Waals surface area contributed by atoms with E-state index in [-0.39, 0.29) is 0 Å². The molecule has 2 heteroatoms. The zero-order valence-corrected chi connectivity index (χ0v) is 9.90. The second-order valence-electron chi connectivity index (χ2n) is 4.32. The van der Waals surface area contributed by atoms with Crippen molar-refractivity contribution in [3.63, 3.8) is 0 Å². The van der Waals surface area contributed by atoms with E-state index < -0.39 is 0 Å². The minimum Gasteiger partial charge on any atom is -0.456 e. The van der Waals surface area contributed by atoms with E-state index in [9.17, 15) is 0 Å². The van der Waals surface area contributed by atoms with E-state index in [0.29, 0.717) is 0 Å². The third-order valence-electron chi connectivity index (χ3n) is 3.10. The Balaban J connectivity index is 2.21. The SMILES string of the molecule is Cc1cc2cc(-c3ccncc3)oc2cc1C. The molecular weight excluding hydrogens is 210 g/mol. The van der Waals surface area contributed by atoms with Crippen LogP contribution in [0.5, 0.6) is 0 Å². The smallest absolute Gasteiger partial charge is 0.135 e. The van der Waals surface area contributed by atoms with Crippen molar-refractivity contribution < 1.29 is 4.42 Å². The van der Waals surface area contributed by atoms with Crippen LogP contribution in [0.2, 0.25) is 0 Å². The first kappa shape index (κ1) is 10.1. The lowest BCUT2D eigenvalue weighted by Gasteiger charge is -1.97. The molecule has 2 nitrogen and oxygen atoms in total. The number of hydrogen-bond donors (Lipinski definition) is 0. The van der Waals surface area contributed by atoms with Gasteiger partial charge in [0.25, 0.3) is 0 Å². The lowest BCUT2D eigenvalue weighted by Crippen LogP contribution is -1.77. The zero-order valence-electron chi connectivity index (χ0n) is 9.90. The second-order valence-corrected chi connectivity index (χ2v) is 4.32. The first-order valence-electron chi connectivity index (χ1n) is 5.65. The van der Waals surface area contributed by atoms with Crippen LogP contribution in [0, 0.1) is 13.8 Å². The fourth-order valence-electron chi connectivity index (χ4n) is 1.96. The summed E-state index contributed by atoms with van der Waals surface area (Å²) in [6.45, 7) is 4.22. The molecular formula is C15H13NO. The summed E-state index contributed by atoms with van der Waals surface area (Å²) in [7, 11) is 0. The molecule has 2 heterocycles. The Morgan fingerprint density at radius 2 is 1.65 bits per heavy atom. The molecule has 0 radical (unpaired) electrons. The summed E-state index contributed by atoms with van der Waals surface area (Å²) in [6, 6.07) is 10.3. The molecule has 84 valence electrons. The van der Waals surface area contributed by atoms with Gasteiger partial charge in [-0.3, -0.25) is 4.98 Å². The average molecular weight is 223 g/mol. The van der Waals surface area contributed by atoms with E-state index in [1.165, 1.54) is 11.1 Å². The van der Waals surface area contributed by atoms with Gasteiger partial charge in [0.2, 0.25) is 0 Å². The summed E-state index contributed by atoms with van der Waals surface area (Å²) in [5.41, 5.74) is 4.55. The maximum Gasteiger partial charge on any atom is 0.135 e. The lowest BCUT2D eigenvalue weighted by atomic mass is 10.1. The summed E-state index contributed by atoms with van der Waals surface area (Å²) in [5, 5.41) is 1.15. The van der Waals surface area contributed by atoms with Crippen molar-refractivity contribution in [2.45, 2.75) is 13.8 Å². The van der Waals surface area contributed by atoms with Crippen molar-refractivity contribution in [1.82, 2.24) is 4.98 Å². The Morgan fingerprint density at radius 3 is 2.41 bits per heavy atom. The Bertz CT molecular complexity index is 629. The van der Waals surface area contributed by atoms with Crippen molar-refractivity contribution in [2.75, 3.05) is 0 Å². The summed E-state index contributed by atoms with van der Waals surface area (Å²) >= 11 is 0. The molecule has 2 aromatic heterocycles. The number of fused-ring (bicyclic) bond motifs is 1. The molecule has 0 aliphatic heterocycles. The number of nitrogens with zero attached hydrogens (tertiary/aromatic N) is 1. The van der Waals surface area contributed by atoms with Crippen molar-refractivity contribution in [3.05, 3.63) is 53.9 Å². The summed E-state index contributed by atoms with van der Waals surface area (Å²) < 4.78 is 5.86. The number of hydrogen-bond acceptors (Lipinski definition) is 2. The van der Waals surface area contributed by atoms with Crippen LogP contribution in [0.3, 0.4) is 0 Å². The van der Waals surface area contributed by atoms with Gasteiger partial charge in [-0.15, -0.1) is 0 Å². The quantitative estimate of drug-likeness (QED) is 0.620. The van der Waals surface area contributed by atoms with Crippen molar-refractivity contribution >= 4 is 11.0 Å². The molecule has 0 unspecified atom stereocenters. The molecule has 0 N–H and O–H groups in total. The normalized spacial score (nSPS) is 10.9. The van der Waals surface area contributed by atoms with Crippen LogP contribution in [0.15, 0.2) is 47.1 Å². The van der Waals surface area contributed by atoms with Crippen molar-refractivity contribution in [1.29, 1.82) is 0 Å². The minimum atomic E-state index is 0.896. The third-order valence-corrected chi connectivity index (χ3v) is 3.10. The molecule has 0 saturated heterocycles. The van der Waals surface area contributed by atoms with E-state index in [4.69, 9.17) is 4.42 Å². The highest BCUT2D eigenvalue weighted by Gasteiger charge is 2.07. The highest BCUT2D eigenvalue weighted by Crippen LogP contribution is 2.29. The molecule has 3 aromatic rings. The lowest BCUT2D eigenvalue weighted by molar-refractivity contribution is 0.631. The van der Waals surface area contributed by atoms with Crippen molar-refractivity contribution in [2.24, 2.45) is 0 Å². The highest BCUT2D eigenvalue weighted by molar-refractivity contribution is 5.84. The van der Waals surface area contributed by atoms with E-state index in [2.05, 4.69) is 37.0 Å². The third kappa shape index (κ3) is 1.72. The number of aryl methyl sites for hydroxylation is 2. The zero-order chi connectivity index (χ0) is 11.8. The van der Waals surface area contributed by atoms with Crippen LogP contribution in [-0.2, 0) is 0 Å². The molecule has 0 bridgehead atoms. The van der Waals surface area contributed by atoms with Gasteiger partial charge in [0.15, 0.2) is 0 Å². The van der Waals surface area contributed by atoms with Crippen LogP contribution in [0.4, 0.5) is 0 Å². The molecule has 0 fully saturated rings. The summed E-state index contributed by atoms with van der Waals surface area (Å²) in [6.07, 6.45) is 3.55. The molecule has 0 saturated carbocycles. The molecule has 1 aromatic carbocycles. The number of rotatable bonds is 1. The molecule has 0 amide bonds. The van der Waals surface area contributed by atoms with Crippen LogP contribution in [0.25, 0.3) is 22.3 Å². The van der Waals surface area contributed by atoms with Gasteiger partial charge in [0, 0.05) is 23.3 Å².